The Bertz CT molecular complexity index is 723. The zero-order valence-electron chi connectivity index (χ0n) is 14.1. The summed E-state index contributed by atoms with van der Waals surface area (Å²) < 4.78 is 10.0. The molecule has 7 heteroatoms. The maximum atomic E-state index is 12.2. The molecule has 0 aliphatic heterocycles. The number of nitrogens with zero attached hydrogens (tertiary/aromatic N) is 1. The Morgan fingerprint density at radius 3 is 2.38 bits per heavy atom. The molecule has 1 amide bonds. The number of methoxy groups -OCH3 is 2. The zero-order valence-corrected chi connectivity index (χ0v) is 14.9. The van der Waals surface area contributed by atoms with Gasteiger partial charge in [0.25, 0.3) is 0 Å². The summed E-state index contributed by atoms with van der Waals surface area (Å²) in [6.45, 7) is 0.233. The Kier molecular flexibility index (Phi) is 5.94. The lowest BCUT2D eigenvalue weighted by molar-refractivity contribution is -0.116. The minimum Gasteiger partial charge on any atom is -0.497 e. The van der Waals surface area contributed by atoms with Crippen LogP contribution in [-0.4, -0.2) is 51.6 Å². The Morgan fingerprint density at radius 2 is 1.83 bits per heavy atom. The van der Waals surface area contributed by atoms with Crippen molar-refractivity contribution in [3.63, 3.8) is 0 Å². The molecule has 128 valence electrons. The van der Waals surface area contributed by atoms with Gasteiger partial charge in [-0.15, -0.1) is 11.3 Å². The average molecular weight is 348 g/mol. The summed E-state index contributed by atoms with van der Waals surface area (Å²) in [5, 5.41) is 5.10. The molecule has 0 aliphatic carbocycles. The molecule has 0 spiro atoms. The largest absolute Gasteiger partial charge is 0.497 e. The van der Waals surface area contributed by atoms with E-state index in [-0.39, 0.29) is 12.5 Å². The summed E-state index contributed by atoms with van der Waals surface area (Å²) in [5.41, 5.74) is 1.93. The third-order valence-electron chi connectivity index (χ3n) is 3.29. The second kappa shape index (κ2) is 7.94. The van der Waals surface area contributed by atoms with Gasteiger partial charge >= 0.3 is 5.97 Å². The van der Waals surface area contributed by atoms with E-state index in [0.29, 0.717) is 10.6 Å². The van der Waals surface area contributed by atoms with Gasteiger partial charge in [-0.1, -0.05) is 12.1 Å². The van der Waals surface area contributed by atoms with Crippen molar-refractivity contribution in [2.24, 2.45) is 0 Å². The number of anilines is 1. The predicted molar refractivity (Wildman–Crippen MR) is 94.8 cm³/mol. The van der Waals surface area contributed by atoms with Crippen molar-refractivity contribution < 1.29 is 19.1 Å². The topological polar surface area (TPSA) is 67.9 Å². The molecule has 2 rings (SSSR count). The lowest BCUT2D eigenvalue weighted by Crippen LogP contribution is -2.27. The van der Waals surface area contributed by atoms with E-state index in [2.05, 4.69) is 5.32 Å². The fraction of sp³-hybridized carbons (Fsp3) is 0.294. The number of rotatable bonds is 6. The normalized spacial score (nSPS) is 10.5. The third-order valence-corrected chi connectivity index (χ3v) is 4.19. The van der Waals surface area contributed by atoms with Crippen molar-refractivity contribution in [2.75, 3.05) is 40.2 Å². The van der Waals surface area contributed by atoms with Crippen molar-refractivity contribution in [1.29, 1.82) is 0 Å². The maximum Gasteiger partial charge on any atom is 0.341 e. The van der Waals surface area contributed by atoms with E-state index in [9.17, 15) is 9.59 Å². The van der Waals surface area contributed by atoms with Crippen molar-refractivity contribution in [1.82, 2.24) is 4.90 Å². The molecule has 2 aromatic rings. The second-order valence-electron chi connectivity index (χ2n) is 5.36. The highest BCUT2D eigenvalue weighted by Crippen LogP contribution is 2.36. The van der Waals surface area contributed by atoms with Crippen LogP contribution in [0, 0.1) is 0 Å². The Hall–Kier alpha value is -2.38. The molecule has 1 N–H and O–H groups in total. The minimum absolute atomic E-state index is 0.187. The average Bonchev–Trinajstić information content (AvgIpc) is 2.96. The van der Waals surface area contributed by atoms with Crippen molar-refractivity contribution in [3.8, 4) is 16.9 Å². The monoisotopic (exact) mass is 348 g/mol. The first-order chi connectivity index (χ1) is 11.5. The van der Waals surface area contributed by atoms with Crippen LogP contribution in [0.2, 0.25) is 0 Å². The van der Waals surface area contributed by atoms with Gasteiger partial charge in [-0.25, -0.2) is 4.79 Å². The predicted octanol–water partition coefficient (Wildman–Crippen LogP) is 2.71. The summed E-state index contributed by atoms with van der Waals surface area (Å²) in [6, 6.07) is 7.36. The number of hydrogen-bond donors (Lipinski definition) is 1. The number of benzene rings is 1. The molecular formula is C17H20N2O4S. The van der Waals surface area contributed by atoms with Crippen LogP contribution in [0.15, 0.2) is 29.6 Å². The lowest BCUT2D eigenvalue weighted by Gasteiger charge is -2.11. The van der Waals surface area contributed by atoms with Crippen molar-refractivity contribution >= 4 is 28.2 Å². The Balaban J connectivity index is 2.38. The van der Waals surface area contributed by atoms with Crippen LogP contribution >= 0.6 is 11.3 Å². The van der Waals surface area contributed by atoms with Gasteiger partial charge in [0.1, 0.15) is 16.3 Å². The van der Waals surface area contributed by atoms with Crippen LogP contribution < -0.4 is 10.1 Å². The fourth-order valence-corrected chi connectivity index (χ4v) is 3.16. The number of esters is 1. The fourth-order valence-electron chi connectivity index (χ4n) is 2.19. The number of hydrogen-bond acceptors (Lipinski definition) is 6. The van der Waals surface area contributed by atoms with Crippen LogP contribution in [0.1, 0.15) is 10.4 Å². The van der Waals surface area contributed by atoms with Crippen molar-refractivity contribution in [3.05, 3.63) is 35.2 Å². The molecule has 1 aromatic carbocycles. The van der Waals surface area contributed by atoms with Gasteiger partial charge < -0.3 is 19.7 Å². The summed E-state index contributed by atoms with van der Waals surface area (Å²) in [4.78, 5) is 26.0. The van der Waals surface area contributed by atoms with E-state index in [1.807, 2.05) is 29.6 Å². The van der Waals surface area contributed by atoms with Crippen LogP contribution in [0.4, 0.5) is 5.00 Å². The molecule has 1 aromatic heterocycles. The van der Waals surface area contributed by atoms with Gasteiger partial charge in [0.2, 0.25) is 5.91 Å². The first-order valence-corrected chi connectivity index (χ1v) is 8.13. The molecule has 0 atom stereocenters. The van der Waals surface area contributed by atoms with Gasteiger partial charge in [0.05, 0.1) is 20.8 Å². The molecule has 0 saturated heterocycles. The number of carbonyl (C=O) groups excluding carboxylic acids is 2. The summed E-state index contributed by atoms with van der Waals surface area (Å²) in [5.74, 6) is 0.0589. The second-order valence-corrected chi connectivity index (χ2v) is 6.24. The highest BCUT2D eigenvalue weighted by Gasteiger charge is 2.22. The Morgan fingerprint density at radius 1 is 1.17 bits per heavy atom. The van der Waals surface area contributed by atoms with E-state index >= 15 is 0 Å². The van der Waals surface area contributed by atoms with E-state index < -0.39 is 5.97 Å². The first kappa shape index (κ1) is 18.0. The zero-order chi connectivity index (χ0) is 17.7. The van der Waals surface area contributed by atoms with Gasteiger partial charge in [-0.05, 0) is 31.8 Å². The SMILES string of the molecule is COC(=O)c1c(-c2ccc(OC)cc2)csc1NC(=O)CN(C)C. The summed E-state index contributed by atoms with van der Waals surface area (Å²) in [7, 11) is 6.52. The summed E-state index contributed by atoms with van der Waals surface area (Å²) in [6.07, 6.45) is 0. The molecule has 24 heavy (non-hydrogen) atoms. The number of amides is 1. The molecule has 1 heterocycles. The maximum absolute atomic E-state index is 12.2. The van der Waals surface area contributed by atoms with Gasteiger partial charge in [0.15, 0.2) is 0 Å². The number of ether oxygens (including phenoxy) is 2. The highest BCUT2D eigenvalue weighted by atomic mass is 32.1. The molecule has 0 radical (unpaired) electrons. The third kappa shape index (κ3) is 4.12. The molecule has 0 aliphatic rings. The van der Waals surface area contributed by atoms with Gasteiger partial charge in [-0.2, -0.15) is 0 Å². The van der Waals surface area contributed by atoms with Crippen LogP contribution in [0.5, 0.6) is 5.75 Å². The minimum atomic E-state index is -0.484. The smallest absolute Gasteiger partial charge is 0.341 e. The Labute approximate surface area is 145 Å². The number of nitrogens with one attached hydrogen (secondary N) is 1. The van der Waals surface area contributed by atoms with E-state index in [0.717, 1.165) is 16.9 Å². The summed E-state index contributed by atoms with van der Waals surface area (Å²) >= 11 is 1.30. The van der Waals surface area contributed by atoms with E-state index in [4.69, 9.17) is 9.47 Å². The van der Waals surface area contributed by atoms with Crippen LogP contribution in [0.25, 0.3) is 11.1 Å². The quantitative estimate of drug-likeness (QED) is 0.813. The van der Waals surface area contributed by atoms with Crippen LogP contribution in [0.3, 0.4) is 0 Å². The van der Waals surface area contributed by atoms with Crippen molar-refractivity contribution in [2.45, 2.75) is 0 Å². The standard InChI is InChI=1S/C17H20N2O4S/c1-19(2)9-14(20)18-16-15(17(21)23-4)13(10-24-16)11-5-7-12(22-3)8-6-11/h5-8,10H,9H2,1-4H3,(H,18,20). The van der Waals surface area contributed by atoms with Crippen LogP contribution in [-0.2, 0) is 9.53 Å². The molecule has 0 bridgehead atoms. The number of carbonyl (C=O) groups is 2. The first-order valence-electron chi connectivity index (χ1n) is 7.25. The molecule has 0 saturated carbocycles. The van der Waals surface area contributed by atoms with Gasteiger partial charge in [-0.3, -0.25) is 4.79 Å². The molecular weight excluding hydrogens is 328 g/mol. The molecule has 0 fully saturated rings. The number of thiophene rings is 1. The lowest BCUT2D eigenvalue weighted by atomic mass is 10.0. The number of likely N-dealkylation sites (N-methyl/N-ethyl adjacent to an activating group) is 1. The van der Waals surface area contributed by atoms with E-state index in [1.165, 1.54) is 18.4 Å². The molecule has 0 unspecified atom stereocenters. The molecule has 6 nitrogen and oxygen atoms in total. The van der Waals surface area contributed by atoms with Gasteiger partial charge in [0, 0.05) is 10.9 Å². The van der Waals surface area contributed by atoms with E-state index in [1.54, 1.807) is 26.1 Å². The highest BCUT2D eigenvalue weighted by molar-refractivity contribution is 7.15.